The van der Waals surface area contributed by atoms with Crippen LogP contribution in [0.3, 0.4) is 0 Å². The summed E-state index contributed by atoms with van der Waals surface area (Å²) in [5, 5.41) is 43.3. The smallest absolute Gasteiger partial charge is 0.258 e. The third-order valence-electron chi connectivity index (χ3n) is 17.8. The number of aliphatic hydroxyl groups is 2. The van der Waals surface area contributed by atoms with E-state index in [0.29, 0.717) is 69.2 Å². The molecule has 3 aliphatic rings. The summed E-state index contributed by atoms with van der Waals surface area (Å²) in [5.41, 5.74) is 8.55. The molecule has 478 valence electrons. The highest BCUT2D eigenvalue weighted by molar-refractivity contribution is 7.13. The van der Waals surface area contributed by atoms with Crippen molar-refractivity contribution in [3.05, 3.63) is 149 Å². The van der Waals surface area contributed by atoms with Gasteiger partial charge in [0.2, 0.25) is 23.6 Å². The van der Waals surface area contributed by atoms with Gasteiger partial charge in [-0.3, -0.25) is 29.4 Å². The summed E-state index contributed by atoms with van der Waals surface area (Å²) in [6.45, 7) is 8.50. The van der Waals surface area contributed by atoms with Crippen LogP contribution in [0.25, 0.3) is 43.9 Å². The Morgan fingerprint density at radius 3 is 2.12 bits per heavy atom. The van der Waals surface area contributed by atoms with E-state index in [2.05, 4.69) is 79.1 Å². The first-order valence-corrected chi connectivity index (χ1v) is 33.1. The van der Waals surface area contributed by atoms with E-state index in [9.17, 15) is 44.0 Å². The van der Waals surface area contributed by atoms with Crippen molar-refractivity contribution in [2.75, 3.05) is 19.6 Å². The zero-order valence-corrected chi connectivity index (χ0v) is 53.4. The Labute approximate surface area is 536 Å². The van der Waals surface area contributed by atoms with Crippen LogP contribution in [0.5, 0.6) is 0 Å². The molecule has 19 heteroatoms. The van der Waals surface area contributed by atoms with E-state index in [1.807, 2.05) is 90.6 Å². The second-order valence-corrected chi connectivity index (χ2v) is 26.7. The Morgan fingerprint density at radius 2 is 1.46 bits per heavy atom. The summed E-state index contributed by atoms with van der Waals surface area (Å²) in [6.07, 6.45) is 9.28. The topological polar surface area (TPSA) is 237 Å². The van der Waals surface area contributed by atoms with E-state index >= 15 is 0 Å². The minimum Gasteiger partial charge on any atom is -0.393 e. The number of aliphatic hydroxyl groups excluding tert-OH is 2. The third-order valence-corrected chi connectivity index (χ3v) is 18.8. The largest absolute Gasteiger partial charge is 0.393 e. The molecule has 3 fully saturated rings. The molecule has 1 saturated heterocycles. The number of β-amino-alcohol motifs (C(OH)–C–C–N with tert-alkyl or cyclic N) is 1. The Bertz CT molecular complexity index is 3820. The van der Waals surface area contributed by atoms with E-state index in [-0.39, 0.29) is 56.2 Å². The number of benzene rings is 4. The number of unbranched alkanes of at least 4 members (excludes halogenated alkanes) is 5. The fraction of sp³-hybridized carbons (Fsp3) is 0.444. The number of carbonyl (C=O) groups excluding carboxylic acids is 5. The van der Waals surface area contributed by atoms with E-state index in [0.717, 1.165) is 99.2 Å². The number of carbonyl (C=O) groups is 5. The number of nitrogens with one attached hydrogen (secondary N) is 5. The van der Waals surface area contributed by atoms with Gasteiger partial charge in [-0.25, -0.2) is 14.4 Å². The van der Waals surface area contributed by atoms with Gasteiger partial charge >= 0.3 is 0 Å². The lowest BCUT2D eigenvalue weighted by Crippen LogP contribution is -2.59. The maximum atomic E-state index is 14.8. The van der Waals surface area contributed by atoms with Crippen LogP contribution in [0.15, 0.2) is 121 Å². The molecule has 10 rings (SSSR count). The summed E-state index contributed by atoms with van der Waals surface area (Å²) >= 11 is 1.51. The Morgan fingerprint density at radius 1 is 0.780 bits per heavy atom. The van der Waals surface area contributed by atoms with Gasteiger partial charge in [-0.15, -0.1) is 11.3 Å². The highest BCUT2D eigenvalue weighted by Crippen LogP contribution is 2.42. The number of hydrogen-bond donors (Lipinski definition) is 7. The van der Waals surface area contributed by atoms with Gasteiger partial charge in [-0.1, -0.05) is 143 Å². The number of rotatable bonds is 25. The van der Waals surface area contributed by atoms with Gasteiger partial charge in [0, 0.05) is 62.6 Å². The molecule has 2 unspecified atom stereocenters. The van der Waals surface area contributed by atoms with Gasteiger partial charge in [0.15, 0.2) is 5.67 Å². The molecule has 91 heavy (non-hydrogen) atoms. The molecule has 4 heterocycles. The molecular weight excluding hydrogens is 1170 g/mol. The number of thiazole rings is 1. The van der Waals surface area contributed by atoms with E-state index in [4.69, 9.17) is 4.98 Å². The van der Waals surface area contributed by atoms with Gasteiger partial charge in [0.1, 0.15) is 23.2 Å². The number of alkyl halides is 1. The molecule has 4 atom stereocenters. The van der Waals surface area contributed by atoms with Crippen molar-refractivity contribution >= 4 is 51.9 Å². The molecule has 5 amide bonds. The minimum atomic E-state index is -2.01. The van der Waals surface area contributed by atoms with Crippen molar-refractivity contribution in [2.24, 2.45) is 5.41 Å². The van der Waals surface area contributed by atoms with Gasteiger partial charge in [-0.2, -0.15) is 0 Å². The minimum absolute atomic E-state index is 0.00677. The van der Waals surface area contributed by atoms with Crippen LogP contribution >= 0.6 is 11.3 Å². The lowest BCUT2D eigenvalue weighted by molar-refractivity contribution is -0.145. The SMILES string of the molecule is Cc1ncsc1-c1ccc(C(CC(=O)NCCCCCCNC(=O)CCCCC#Cc2cccc(Cn3c(-c4ccccc4)c(-c4ccccc4)c4c(=N)n(C5CCC(O)CC5)cnc43)c2)NC(=O)[C@@H]2C[C@@H](O)CN2C(=O)C(NC(=O)C2(F)CC2)C(C)(C)C)cc1. The number of amides is 5. The third kappa shape index (κ3) is 16.4. The first-order chi connectivity index (χ1) is 43.8. The zero-order valence-electron chi connectivity index (χ0n) is 52.6. The van der Waals surface area contributed by atoms with Crippen molar-refractivity contribution in [3.63, 3.8) is 0 Å². The summed E-state index contributed by atoms with van der Waals surface area (Å²) < 4.78 is 19.0. The molecule has 1 aliphatic heterocycles. The van der Waals surface area contributed by atoms with Crippen LogP contribution in [0.1, 0.15) is 158 Å². The maximum Gasteiger partial charge on any atom is 0.258 e. The molecule has 2 aliphatic carbocycles. The van der Waals surface area contributed by atoms with Crippen LogP contribution in [-0.4, -0.2) is 113 Å². The molecule has 2 saturated carbocycles. The first kappa shape index (κ1) is 65.6. The number of hydrogen-bond acceptors (Lipinski definition) is 11. The average Bonchev–Trinajstić information content (AvgIpc) is 1.59. The predicted molar refractivity (Wildman–Crippen MR) is 352 cm³/mol. The molecular formula is C72H85FN10O7S. The van der Waals surface area contributed by atoms with Gasteiger partial charge in [0.05, 0.1) is 58.2 Å². The molecule has 4 aromatic carbocycles. The van der Waals surface area contributed by atoms with Crippen molar-refractivity contribution in [1.82, 2.24) is 45.3 Å². The lowest BCUT2D eigenvalue weighted by Gasteiger charge is -2.36. The normalized spacial score (nSPS) is 18.4. The van der Waals surface area contributed by atoms with Crippen LogP contribution in [0, 0.1) is 29.6 Å². The van der Waals surface area contributed by atoms with Crippen LogP contribution in [-0.2, 0) is 30.5 Å². The molecule has 0 spiro atoms. The summed E-state index contributed by atoms with van der Waals surface area (Å²) in [4.78, 5) is 79.4. The quantitative estimate of drug-likeness (QED) is 0.0213. The van der Waals surface area contributed by atoms with Gasteiger partial charge in [-0.05, 0) is 116 Å². The molecule has 7 aromatic rings. The van der Waals surface area contributed by atoms with E-state index in [1.54, 1.807) is 26.3 Å². The average molecular weight is 1250 g/mol. The van der Waals surface area contributed by atoms with E-state index < -0.39 is 53.0 Å². The zero-order chi connectivity index (χ0) is 64.2. The Hall–Kier alpha value is -8.31. The number of nitrogens with zero attached hydrogens (tertiary/aromatic N) is 5. The standard InChI is InChI=1S/C72H85FN10O7S/c1-47-64(91-46-78-47)53-30-28-50(29-31-53)57(79-68(88)58-41-56(85)44-81(58)69(89)65(71(2,3)4)80-70(90)72(73)36-37-72)42-60(87)76-39-18-8-7-17-38-75-59(86)27-16-6-5-11-20-48-21-19-22-49(40-48)43-82-63(52-25-14-10-15-26-52)61(51-23-12-9-13-24-51)62-66(74)83(45-77-67(62)82)54-32-34-55(84)35-33-54/h9-10,12-15,19,21-26,28-31,40,45-46,54-58,65,74,84-85H,5-8,16-18,27,32-39,41-44H2,1-4H3,(H,75,86)(H,76,87)(H,79,88)(H,80,90)/t54?,55?,56-,57?,58+,65?/m1/s1. The fourth-order valence-electron chi connectivity index (χ4n) is 12.5. The van der Waals surface area contributed by atoms with E-state index in [1.165, 1.54) is 16.2 Å². The number of fused-ring (bicyclic) bond motifs is 1. The van der Waals surface area contributed by atoms with Crippen molar-refractivity contribution in [3.8, 4) is 44.7 Å². The molecule has 0 bridgehead atoms. The second-order valence-electron chi connectivity index (χ2n) is 25.8. The second kappa shape index (κ2) is 29.8. The number of aromatic nitrogens is 4. The summed E-state index contributed by atoms with van der Waals surface area (Å²) in [5.74, 6) is 4.40. The maximum absolute atomic E-state index is 14.8. The van der Waals surface area contributed by atoms with Crippen molar-refractivity contribution in [1.29, 1.82) is 5.41 Å². The predicted octanol–water partition coefficient (Wildman–Crippen LogP) is 10.6. The highest BCUT2D eigenvalue weighted by Gasteiger charge is 2.53. The summed E-state index contributed by atoms with van der Waals surface area (Å²) in [7, 11) is 0. The van der Waals surface area contributed by atoms with Crippen LogP contribution in [0.4, 0.5) is 4.39 Å². The number of aryl methyl sites for hydroxylation is 1. The molecule has 0 radical (unpaired) electrons. The van der Waals surface area contributed by atoms with Crippen LogP contribution < -0.4 is 26.8 Å². The first-order valence-electron chi connectivity index (χ1n) is 32.2. The number of likely N-dealkylation sites (tertiary alicyclic amines) is 1. The Balaban J connectivity index is 0.673. The lowest BCUT2D eigenvalue weighted by atomic mass is 9.85. The van der Waals surface area contributed by atoms with Crippen molar-refractivity contribution in [2.45, 2.75) is 179 Å². The molecule has 3 aromatic heterocycles. The fourth-order valence-corrected chi connectivity index (χ4v) is 13.3. The molecule has 17 nitrogen and oxygen atoms in total. The summed E-state index contributed by atoms with van der Waals surface area (Å²) in [6, 6.07) is 33.4. The molecule has 7 N–H and O–H groups in total. The van der Waals surface area contributed by atoms with Crippen molar-refractivity contribution < 1.29 is 38.6 Å². The van der Waals surface area contributed by atoms with Gasteiger partial charge < -0.3 is 45.5 Å². The monoisotopic (exact) mass is 1250 g/mol. The van der Waals surface area contributed by atoms with Gasteiger partial charge in [0.25, 0.3) is 5.91 Å². The van der Waals surface area contributed by atoms with Crippen LogP contribution in [0.2, 0.25) is 0 Å². The highest BCUT2D eigenvalue weighted by atomic mass is 32.1. The number of halogens is 1. The Kier molecular flexibility index (Phi) is 21.5.